The summed E-state index contributed by atoms with van der Waals surface area (Å²) in [5.74, 6) is 0.109. The number of para-hydroxylation sites is 1. The zero-order valence-corrected chi connectivity index (χ0v) is 9.40. The maximum absolute atomic E-state index is 11.7. The van der Waals surface area contributed by atoms with Gasteiger partial charge in [-0.25, -0.2) is 4.79 Å². The first-order chi connectivity index (χ1) is 7.59. The maximum atomic E-state index is 11.7. The number of rotatable bonds is 3. The molecule has 0 amide bonds. The van der Waals surface area contributed by atoms with Gasteiger partial charge < -0.3 is 15.0 Å². The third-order valence-corrected chi connectivity index (χ3v) is 2.56. The average molecular weight is 221 g/mol. The van der Waals surface area contributed by atoms with E-state index in [9.17, 15) is 9.90 Å². The number of hydrogen-bond donors (Lipinski definition) is 2. The number of nitrogens with zero attached hydrogens (tertiary/aromatic N) is 2. The fourth-order valence-electron chi connectivity index (χ4n) is 1.69. The number of nitrogens with one attached hydrogen (secondary N) is 1. The highest BCUT2D eigenvalue weighted by Gasteiger charge is 2.08. The molecule has 0 aliphatic heterocycles. The number of likely N-dealkylation sites (N-methyl/N-ethyl adjacent to an activating group) is 1. The fraction of sp³-hybridized carbons (Fsp3) is 0.364. The van der Waals surface area contributed by atoms with Crippen molar-refractivity contribution in [2.24, 2.45) is 0 Å². The van der Waals surface area contributed by atoms with Gasteiger partial charge >= 0.3 is 5.69 Å². The Labute approximate surface area is 92.9 Å². The molecule has 5 nitrogen and oxygen atoms in total. The number of aromatic hydroxyl groups is 1. The molecule has 0 unspecified atom stereocenters. The van der Waals surface area contributed by atoms with Crippen molar-refractivity contribution >= 4 is 11.0 Å². The molecule has 2 aromatic rings. The number of hydrogen-bond acceptors (Lipinski definition) is 3. The van der Waals surface area contributed by atoms with Gasteiger partial charge in [0.1, 0.15) is 11.3 Å². The molecule has 0 spiro atoms. The zero-order valence-electron chi connectivity index (χ0n) is 9.40. The molecule has 0 fully saturated rings. The van der Waals surface area contributed by atoms with E-state index in [0.717, 1.165) is 12.1 Å². The Morgan fingerprint density at radius 1 is 1.44 bits per heavy atom. The first-order valence-corrected chi connectivity index (χ1v) is 5.15. The van der Waals surface area contributed by atoms with Crippen LogP contribution in [0.25, 0.3) is 11.0 Å². The molecule has 0 saturated carbocycles. The van der Waals surface area contributed by atoms with Crippen LogP contribution in [-0.2, 0) is 6.54 Å². The lowest BCUT2D eigenvalue weighted by Crippen LogP contribution is -2.24. The molecule has 0 bridgehead atoms. The van der Waals surface area contributed by atoms with E-state index in [0.29, 0.717) is 12.1 Å². The molecule has 1 aromatic heterocycles. The monoisotopic (exact) mass is 221 g/mol. The molecule has 2 N–H and O–H groups in total. The Morgan fingerprint density at radius 2 is 2.19 bits per heavy atom. The van der Waals surface area contributed by atoms with Crippen molar-refractivity contribution in [1.29, 1.82) is 0 Å². The predicted molar refractivity (Wildman–Crippen MR) is 62.8 cm³/mol. The molecule has 86 valence electrons. The SMILES string of the molecule is CN(C)CCn1c(=O)[nH]c2c(O)cccc21. The average Bonchev–Trinajstić information content (AvgIpc) is 2.53. The normalized spacial score (nSPS) is 11.4. The number of benzene rings is 1. The fourth-order valence-corrected chi connectivity index (χ4v) is 1.69. The molecular weight excluding hydrogens is 206 g/mol. The molecule has 0 aliphatic carbocycles. The van der Waals surface area contributed by atoms with Crippen LogP contribution in [-0.4, -0.2) is 40.2 Å². The molecule has 5 heteroatoms. The Kier molecular flexibility index (Phi) is 2.70. The minimum absolute atomic E-state index is 0.109. The lowest BCUT2D eigenvalue weighted by Gasteiger charge is -2.09. The van der Waals surface area contributed by atoms with Crippen LogP contribution in [0.1, 0.15) is 0 Å². The lowest BCUT2D eigenvalue weighted by molar-refractivity contribution is 0.384. The van der Waals surface area contributed by atoms with Crippen molar-refractivity contribution in [2.75, 3.05) is 20.6 Å². The summed E-state index contributed by atoms with van der Waals surface area (Å²) in [5, 5.41) is 9.59. The number of H-pyrrole nitrogens is 1. The summed E-state index contributed by atoms with van der Waals surface area (Å²) in [6.45, 7) is 1.39. The molecular formula is C11H15N3O2. The van der Waals surface area contributed by atoms with Crippen LogP contribution in [0.15, 0.2) is 23.0 Å². The molecule has 0 atom stereocenters. The van der Waals surface area contributed by atoms with Crippen molar-refractivity contribution < 1.29 is 5.11 Å². The van der Waals surface area contributed by atoms with Crippen LogP contribution in [0, 0.1) is 0 Å². The van der Waals surface area contributed by atoms with E-state index < -0.39 is 0 Å². The van der Waals surface area contributed by atoms with Gasteiger partial charge in [0, 0.05) is 13.1 Å². The topological polar surface area (TPSA) is 61.3 Å². The molecule has 0 radical (unpaired) electrons. The second-order valence-corrected chi connectivity index (χ2v) is 4.06. The number of imidazole rings is 1. The summed E-state index contributed by atoms with van der Waals surface area (Å²) in [7, 11) is 3.91. The van der Waals surface area contributed by atoms with Gasteiger partial charge in [-0.05, 0) is 26.2 Å². The summed E-state index contributed by atoms with van der Waals surface area (Å²) in [6, 6.07) is 5.12. The summed E-state index contributed by atoms with van der Waals surface area (Å²) in [5.41, 5.74) is 1.07. The Morgan fingerprint density at radius 3 is 2.88 bits per heavy atom. The van der Waals surface area contributed by atoms with Gasteiger partial charge in [-0.1, -0.05) is 6.07 Å². The third kappa shape index (κ3) is 1.81. The van der Waals surface area contributed by atoms with Gasteiger partial charge in [-0.2, -0.15) is 0 Å². The van der Waals surface area contributed by atoms with Gasteiger partial charge in [-0.3, -0.25) is 4.57 Å². The Bertz CT molecular complexity index is 554. The molecule has 2 rings (SSSR count). The van der Waals surface area contributed by atoms with Crippen molar-refractivity contribution in [3.8, 4) is 5.75 Å². The summed E-state index contributed by atoms with van der Waals surface area (Å²) >= 11 is 0. The standard InChI is InChI=1S/C11H15N3O2/c1-13(2)6-7-14-8-4-3-5-9(15)10(8)12-11(14)16/h3-5,15H,6-7H2,1-2H3,(H,12,16). The predicted octanol–water partition coefficient (Wildman–Crippen LogP) is 0.597. The zero-order chi connectivity index (χ0) is 11.7. The van der Waals surface area contributed by atoms with E-state index in [1.807, 2.05) is 25.1 Å². The molecule has 1 heterocycles. The van der Waals surface area contributed by atoms with E-state index in [1.165, 1.54) is 0 Å². The van der Waals surface area contributed by atoms with Crippen LogP contribution >= 0.6 is 0 Å². The number of phenols is 1. The maximum Gasteiger partial charge on any atom is 0.326 e. The largest absolute Gasteiger partial charge is 0.506 e. The summed E-state index contributed by atoms with van der Waals surface area (Å²) in [6.07, 6.45) is 0. The van der Waals surface area contributed by atoms with Crippen molar-refractivity contribution in [3.05, 3.63) is 28.7 Å². The summed E-state index contributed by atoms with van der Waals surface area (Å²) in [4.78, 5) is 16.3. The van der Waals surface area contributed by atoms with Crippen LogP contribution in [0.2, 0.25) is 0 Å². The highest BCUT2D eigenvalue weighted by molar-refractivity contribution is 5.81. The minimum Gasteiger partial charge on any atom is -0.506 e. The Balaban J connectivity index is 2.48. The van der Waals surface area contributed by atoms with Gasteiger partial charge in [-0.15, -0.1) is 0 Å². The van der Waals surface area contributed by atoms with Gasteiger partial charge in [0.2, 0.25) is 0 Å². The second kappa shape index (κ2) is 4.02. The number of phenolic OH excluding ortho intramolecular Hbond substituents is 1. The van der Waals surface area contributed by atoms with Crippen molar-refractivity contribution in [3.63, 3.8) is 0 Å². The van der Waals surface area contributed by atoms with Gasteiger partial charge in [0.25, 0.3) is 0 Å². The first-order valence-electron chi connectivity index (χ1n) is 5.15. The molecule has 0 saturated heterocycles. The number of aromatic amines is 1. The quantitative estimate of drug-likeness (QED) is 0.797. The smallest absolute Gasteiger partial charge is 0.326 e. The third-order valence-electron chi connectivity index (χ3n) is 2.56. The number of fused-ring (bicyclic) bond motifs is 1. The van der Waals surface area contributed by atoms with E-state index in [2.05, 4.69) is 4.98 Å². The van der Waals surface area contributed by atoms with Crippen LogP contribution < -0.4 is 5.69 Å². The highest BCUT2D eigenvalue weighted by Crippen LogP contribution is 2.20. The van der Waals surface area contributed by atoms with Crippen molar-refractivity contribution in [2.45, 2.75) is 6.54 Å². The van der Waals surface area contributed by atoms with E-state index in [4.69, 9.17) is 0 Å². The molecule has 16 heavy (non-hydrogen) atoms. The summed E-state index contributed by atoms with van der Waals surface area (Å²) < 4.78 is 1.63. The van der Waals surface area contributed by atoms with Crippen molar-refractivity contribution in [1.82, 2.24) is 14.5 Å². The Hall–Kier alpha value is -1.75. The lowest BCUT2D eigenvalue weighted by atomic mass is 10.3. The minimum atomic E-state index is -0.182. The highest BCUT2D eigenvalue weighted by atomic mass is 16.3. The second-order valence-electron chi connectivity index (χ2n) is 4.06. The van der Waals surface area contributed by atoms with Gasteiger partial charge in [0.15, 0.2) is 0 Å². The van der Waals surface area contributed by atoms with E-state index in [-0.39, 0.29) is 11.4 Å². The van der Waals surface area contributed by atoms with Crippen LogP contribution in [0.5, 0.6) is 5.75 Å². The van der Waals surface area contributed by atoms with Gasteiger partial charge in [0.05, 0.1) is 5.52 Å². The first kappa shape index (κ1) is 10.8. The van der Waals surface area contributed by atoms with E-state index >= 15 is 0 Å². The van der Waals surface area contributed by atoms with Crippen LogP contribution in [0.3, 0.4) is 0 Å². The number of aromatic nitrogens is 2. The molecule has 0 aliphatic rings. The van der Waals surface area contributed by atoms with E-state index in [1.54, 1.807) is 16.7 Å². The molecule has 1 aromatic carbocycles. The van der Waals surface area contributed by atoms with Crippen LogP contribution in [0.4, 0.5) is 0 Å².